The van der Waals surface area contributed by atoms with E-state index in [1.807, 2.05) is 0 Å². The summed E-state index contributed by atoms with van der Waals surface area (Å²) in [7, 11) is -1.37. The van der Waals surface area contributed by atoms with E-state index >= 15 is 0 Å². The van der Waals surface area contributed by atoms with Gasteiger partial charge in [0.25, 0.3) is 0 Å². The average Bonchev–Trinajstić information content (AvgIpc) is 2.15. The number of ether oxygens (including phenoxy) is 1. The van der Waals surface area contributed by atoms with Gasteiger partial charge in [-0.25, -0.2) is 4.79 Å². The van der Waals surface area contributed by atoms with Crippen LogP contribution in [0.2, 0.25) is 25.2 Å². The van der Waals surface area contributed by atoms with Gasteiger partial charge in [-0.1, -0.05) is 26.1 Å². The summed E-state index contributed by atoms with van der Waals surface area (Å²) in [5.41, 5.74) is 0.447. The number of halogens is 3. The number of alkyl halides is 3. The molecule has 0 N–H and O–H groups in total. The summed E-state index contributed by atoms with van der Waals surface area (Å²) in [6.45, 7) is 6.60. The van der Waals surface area contributed by atoms with E-state index in [9.17, 15) is 18.0 Å². The number of esters is 1. The monoisotopic (exact) mass is 268 g/mol. The predicted octanol–water partition coefficient (Wildman–Crippen LogP) is 3.74. The molecule has 0 aromatic carbocycles. The molecule has 0 radical (unpaired) electrons. The number of carbonyl (C=O) groups is 1. The summed E-state index contributed by atoms with van der Waals surface area (Å²) in [6.07, 6.45) is -2.36. The van der Waals surface area contributed by atoms with Crippen LogP contribution < -0.4 is 0 Å². The third-order valence-corrected chi connectivity index (χ3v) is 6.33. The molecule has 100 valence electrons. The van der Waals surface area contributed by atoms with E-state index in [2.05, 4.69) is 24.4 Å². The Bertz CT molecular complexity index is 283. The van der Waals surface area contributed by atoms with Crippen LogP contribution in [-0.4, -0.2) is 26.3 Å². The molecule has 0 heterocycles. The Hall–Kier alpha value is -0.523. The van der Waals surface area contributed by atoms with Crippen LogP contribution in [0.15, 0.2) is 0 Å². The van der Waals surface area contributed by atoms with Crippen molar-refractivity contribution in [3.8, 4) is 0 Å². The van der Waals surface area contributed by atoms with E-state index in [0.717, 1.165) is 12.8 Å². The summed E-state index contributed by atoms with van der Waals surface area (Å²) in [5.74, 6) is -2.04. The van der Waals surface area contributed by atoms with E-state index in [1.165, 1.54) is 0 Å². The Morgan fingerprint density at radius 3 is 2.29 bits per heavy atom. The standard InChI is InChI=1S/C11H19F3O2Si/c1-17(2,3)9-6-4-5-8(7-9)16-10(15)11(12,13)14/h8-9H,4-7H2,1-3H3/t8-,9+/m0/s1. The second kappa shape index (κ2) is 5.00. The fourth-order valence-electron chi connectivity index (χ4n) is 2.26. The molecule has 0 aromatic heterocycles. The van der Waals surface area contributed by atoms with E-state index in [1.54, 1.807) is 0 Å². The summed E-state index contributed by atoms with van der Waals surface area (Å²) in [4.78, 5) is 10.8. The minimum Gasteiger partial charge on any atom is -0.456 e. The highest BCUT2D eigenvalue weighted by Crippen LogP contribution is 2.38. The molecule has 0 amide bonds. The van der Waals surface area contributed by atoms with E-state index in [4.69, 9.17) is 0 Å². The van der Waals surface area contributed by atoms with Gasteiger partial charge in [0, 0.05) is 8.07 Å². The number of hydrogen-bond acceptors (Lipinski definition) is 2. The van der Waals surface area contributed by atoms with Gasteiger partial charge in [0.1, 0.15) is 6.10 Å². The Morgan fingerprint density at radius 1 is 1.24 bits per heavy atom. The smallest absolute Gasteiger partial charge is 0.456 e. The second-order valence-corrected chi connectivity index (χ2v) is 11.3. The largest absolute Gasteiger partial charge is 0.490 e. The molecule has 0 bridgehead atoms. The summed E-state index contributed by atoms with van der Waals surface area (Å²) in [6, 6.07) is 0. The lowest BCUT2D eigenvalue weighted by molar-refractivity contribution is -0.206. The average molecular weight is 268 g/mol. The van der Waals surface area contributed by atoms with Crippen molar-refractivity contribution < 1.29 is 22.7 Å². The molecule has 0 aliphatic heterocycles. The zero-order valence-corrected chi connectivity index (χ0v) is 11.4. The maximum atomic E-state index is 12.1. The molecule has 2 atom stereocenters. The third-order valence-electron chi connectivity index (χ3n) is 3.36. The minimum absolute atomic E-state index is 0.447. The molecule has 6 heteroatoms. The van der Waals surface area contributed by atoms with Crippen molar-refractivity contribution in [2.75, 3.05) is 0 Å². The Kier molecular flexibility index (Phi) is 4.27. The van der Waals surface area contributed by atoms with E-state index in [-0.39, 0.29) is 0 Å². The second-order valence-electron chi connectivity index (χ2n) is 5.75. The van der Waals surface area contributed by atoms with Crippen molar-refractivity contribution in [3.63, 3.8) is 0 Å². The summed E-state index contributed by atoms with van der Waals surface area (Å²) < 4.78 is 40.7. The van der Waals surface area contributed by atoms with Gasteiger partial charge in [-0.2, -0.15) is 13.2 Å². The highest BCUT2D eigenvalue weighted by molar-refractivity contribution is 6.77. The van der Waals surface area contributed by atoms with Gasteiger partial charge in [-0.15, -0.1) is 0 Å². The van der Waals surface area contributed by atoms with Crippen molar-refractivity contribution in [3.05, 3.63) is 0 Å². The zero-order valence-electron chi connectivity index (χ0n) is 10.4. The maximum absolute atomic E-state index is 12.1. The normalized spacial score (nSPS) is 26.7. The van der Waals surface area contributed by atoms with Gasteiger partial charge < -0.3 is 4.74 Å². The van der Waals surface area contributed by atoms with Gasteiger partial charge in [-0.3, -0.25) is 0 Å². The Balaban J connectivity index is 2.54. The molecular weight excluding hydrogens is 249 g/mol. The van der Waals surface area contributed by atoms with Crippen molar-refractivity contribution in [2.45, 2.75) is 63.1 Å². The molecule has 1 saturated carbocycles. The molecule has 17 heavy (non-hydrogen) atoms. The number of hydrogen-bond donors (Lipinski definition) is 0. The molecule has 0 saturated heterocycles. The third kappa shape index (κ3) is 4.33. The fourth-order valence-corrected chi connectivity index (χ4v) is 4.30. The van der Waals surface area contributed by atoms with Crippen LogP contribution in [0, 0.1) is 0 Å². The Morgan fingerprint density at radius 2 is 1.82 bits per heavy atom. The van der Waals surface area contributed by atoms with E-state index in [0.29, 0.717) is 18.4 Å². The lowest BCUT2D eigenvalue weighted by Gasteiger charge is -2.36. The van der Waals surface area contributed by atoms with Crippen LogP contribution in [0.5, 0.6) is 0 Å². The number of rotatable bonds is 2. The fraction of sp³-hybridized carbons (Fsp3) is 0.909. The highest BCUT2D eigenvalue weighted by Gasteiger charge is 2.43. The van der Waals surface area contributed by atoms with Gasteiger partial charge in [0.2, 0.25) is 0 Å². The van der Waals surface area contributed by atoms with Crippen LogP contribution in [-0.2, 0) is 9.53 Å². The van der Waals surface area contributed by atoms with Crippen LogP contribution >= 0.6 is 0 Å². The molecular formula is C11H19F3O2Si. The molecule has 0 spiro atoms. The SMILES string of the molecule is C[Si](C)(C)[C@@H]1CCC[C@H](OC(=O)C(F)(F)F)C1. The van der Waals surface area contributed by atoms with Crippen LogP contribution in [0.1, 0.15) is 25.7 Å². The van der Waals surface area contributed by atoms with E-state index < -0.39 is 26.3 Å². The summed E-state index contributed by atoms with van der Waals surface area (Å²) in [5, 5.41) is 0. The number of carbonyl (C=O) groups excluding carboxylic acids is 1. The highest BCUT2D eigenvalue weighted by atomic mass is 28.3. The first-order chi connectivity index (χ1) is 7.60. The van der Waals surface area contributed by atoms with Crippen LogP contribution in [0.25, 0.3) is 0 Å². The minimum atomic E-state index is -4.87. The van der Waals surface area contributed by atoms with Gasteiger partial charge >= 0.3 is 12.1 Å². The lowest BCUT2D eigenvalue weighted by atomic mass is 9.97. The van der Waals surface area contributed by atoms with Crippen molar-refractivity contribution >= 4 is 14.0 Å². The predicted molar refractivity (Wildman–Crippen MR) is 61.5 cm³/mol. The molecule has 2 nitrogen and oxygen atoms in total. The molecule has 1 aliphatic carbocycles. The Labute approximate surface area is 101 Å². The topological polar surface area (TPSA) is 26.3 Å². The first kappa shape index (κ1) is 14.5. The van der Waals surface area contributed by atoms with Crippen molar-refractivity contribution in [1.29, 1.82) is 0 Å². The quantitative estimate of drug-likeness (QED) is 0.563. The van der Waals surface area contributed by atoms with Crippen LogP contribution in [0.3, 0.4) is 0 Å². The maximum Gasteiger partial charge on any atom is 0.490 e. The van der Waals surface area contributed by atoms with Gasteiger partial charge in [-0.05, 0) is 24.8 Å². The summed E-state index contributed by atoms with van der Waals surface area (Å²) >= 11 is 0. The van der Waals surface area contributed by atoms with Crippen molar-refractivity contribution in [1.82, 2.24) is 0 Å². The molecule has 0 unspecified atom stereocenters. The van der Waals surface area contributed by atoms with Crippen LogP contribution in [0.4, 0.5) is 13.2 Å². The zero-order chi connectivity index (χ0) is 13.3. The molecule has 0 aromatic rings. The lowest BCUT2D eigenvalue weighted by Crippen LogP contribution is -2.37. The molecule has 1 aliphatic rings. The van der Waals surface area contributed by atoms with Gasteiger partial charge in [0.05, 0.1) is 0 Å². The van der Waals surface area contributed by atoms with Gasteiger partial charge in [0.15, 0.2) is 0 Å². The first-order valence-corrected chi connectivity index (χ1v) is 9.46. The molecule has 1 fully saturated rings. The van der Waals surface area contributed by atoms with Crippen molar-refractivity contribution in [2.24, 2.45) is 0 Å². The molecule has 1 rings (SSSR count). The first-order valence-electron chi connectivity index (χ1n) is 5.88.